The van der Waals surface area contributed by atoms with Crippen molar-refractivity contribution in [1.82, 2.24) is 5.32 Å². The first-order valence-electron chi connectivity index (χ1n) is 1.64. The molecule has 0 fully saturated rings. The Labute approximate surface area is 40.4 Å². The van der Waals surface area contributed by atoms with Crippen LogP contribution in [-0.2, 0) is 0 Å². The lowest BCUT2D eigenvalue weighted by Crippen LogP contribution is -2.29. The number of nitroso groups, excluding NO2 is 1. The molecule has 0 rings (SSSR count). The van der Waals surface area contributed by atoms with Gasteiger partial charge in [0.2, 0.25) is 0 Å². The molecule has 0 aromatic rings. The van der Waals surface area contributed by atoms with Crippen molar-refractivity contribution in [1.29, 1.82) is 5.41 Å². The molecule has 0 saturated carbocycles. The zero-order valence-corrected chi connectivity index (χ0v) is 3.64. The van der Waals surface area contributed by atoms with Crippen LogP contribution in [0.5, 0.6) is 0 Å². The maximum Gasteiger partial charge on any atom is 0.187 e. The zero-order valence-electron chi connectivity index (χ0n) is 3.64. The van der Waals surface area contributed by atoms with Gasteiger partial charge < -0.3 is 11.1 Å². The highest BCUT2D eigenvalue weighted by Crippen LogP contribution is 1.54. The van der Waals surface area contributed by atoms with Gasteiger partial charge in [0.15, 0.2) is 12.6 Å². The number of rotatable bonds is 2. The normalized spacial score (nSPS) is 7.43. The van der Waals surface area contributed by atoms with Gasteiger partial charge in [0, 0.05) is 0 Å². The van der Waals surface area contributed by atoms with Crippen LogP contribution in [-0.4, -0.2) is 12.6 Å². The first-order valence-corrected chi connectivity index (χ1v) is 1.64. The highest BCUT2D eigenvalue weighted by atomic mass is 16.3. The van der Waals surface area contributed by atoms with Crippen LogP contribution in [0.25, 0.3) is 0 Å². The van der Waals surface area contributed by atoms with Gasteiger partial charge >= 0.3 is 0 Å². The van der Waals surface area contributed by atoms with Gasteiger partial charge in [-0.15, -0.1) is 4.91 Å². The fourth-order valence-electron chi connectivity index (χ4n) is 0.117. The second-order valence-electron chi connectivity index (χ2n) is 0.878. The zero-order chi connectivity index (χ0) is 5.70. The third-order valence-electron chi connectivity index (χ3n) is 0.334. The lowest BCUT2D eigenvalue weighted by Gasteiger charge is -1.91. The Morgan fingerprint density at radius 3 is 2.71 bits per heavy atom. The highest BCUT2D eigenvalue weighted by molar-refractivity contribution is 5.74. The van der Waals surface area contributed by atoms with Gasteiger partial charge in [-0.25, -0.2) is 0 Å². The minimum Gasteiger partial charge on any atom is -0.370 e. The van der Waals surface area contributed by atoms with E-state index in [0.717, 1.165) is 0 Å². The maximum atomic E-state index is 9.24. The van der Waals surface area contributed by atoms with Crippen molar-refractivity contribution in [2.75, 3.05) is 6.67 Å². The smallest absolute Gasteiger partial charge is 0.187 e. The van der Waals surface area contributed by atoms with Crippen LogP contribution in [0, 0.1) is 10.3 Å². The third kappa shape index (κ3) is 4.87. The molecule has 0 spiro atoms. The number of guanidine groups is 1. The van der Waals surface area contributed by atoms with Crippen LogP contribution >= 0.6 is 0 Å². The second-order valence-corrected chi connectivity index (χ2v) is 0.878. The summed E-state index contributed by atoms with van der Waals surface area (Å²) in [5.74, 6) is -0.236. The summed E-state index contributed by atoms with van der Waals surface area (Å²) in [6, 6.07) is 0. The molecule has 0 amide bonds. The first-order chi connectivity index (χ1) is 3.27. The van der Waals surface area contributed by atoms with Crippen LogP contribution in [0.4, 0.5) is 0 Å². The van der Waals surface area contributed by atoms with Gasteiger partial charge in [0.1, 0.15) is 0 Å². The molecule has 0 aromatic heterocycles. The van der Waals surface area contributed by atoms with E-state index in [4.69, 9.17) is 11.1 Å². The van der Waals surface area contributed by atoms with E-state index < -0.39 is 0 Å². The van der Waals surface area contributed by atoms with Gasteiger partial charge in [0.25, 0.3) is 0 Å². The van der Waals surface area contributed by atoms with Crippen LogP contribution in [0.15, 0.2) is 5.18 Å². The Bertz CT molecular complexity index is 79.8. The molecule has 4 N–H and O–H groups in total. The van der Waals surface area contributed by atoms with Gasteiger partial charge in [-0.05, 0) is 5.18 Å². The summed E-state index contributed by atoms with van der Waals surface area (Å²) in [5.41, 5.74) is 4.75. The van der Waals surface area contributed by atoms with Crippen LogP contribution in [0.1, 0.15) is 0 Å². The Morgan fingerprint density at radius 1 is 2.00 bits per heavy atom. The third-order valence-corrected chi connectivity index (χ3v) is 0.334. The van der Waals surface area contributed by atoms with Gasteiger partial charge in [-0.2, -0.15) is 0 Å². The molecule has 0 atom stereocenters. The SMILES string of the molecule is N=C(N)NCN=O. The quantitative estimate of drug-likeness (QED) is 0.242. The van der Waals surface area contributed by atoms with Gasteiger partial charge in [-0.3, -0.25) is 5.41 Å². The summed E-state index contributed by atoms with van der Waals surface area (Å²) in [5, 5.41) is 11.0. The lowest BCUT2D eigenvalue weighted by molar-refractivity contribution is 0.903. The van der Waals surface area contributed by atoms with Gasteiger partial charge in [-0.1, -0.05) is 0 Å². The summed E-state index contributed by atoms with van der Waals surface area (Å²) in [4.78, 5) is 9.24. The van der Waals surface area contributed by atoms with Crippen molar-refractivity contribution >= 4 is 5.96 Å². The number of nitrogens with one attached hydrogen (secondary N) is 2. The molecule has 40 valence electrons. The van der Waals surface area contributed by atoms with Crippen molar-refractivity contribution in [3.8, 4) is 0 Å². The number of hydrogen-bond donors (Lipinski definition) is 3. The maximum absolute atomic E-state index is 9.24. The molecule has 0 saturated heterocycles. The average molecular weight is 102 g/mol. The predicted molar refractivity (Wildman–Crippen MR) is 25.7 cm³/mol. The molecule has 0 aromatic carbocycles. The van der Waals surface area contributed by atoms with E-state index >= 15 is 0 Å². The molecule has 0 unspecified atom stereocenters. The van der Waals surface area contributed by atoms with Crippen LogP contribution in [0.3, 0.4) is 0 Å². The Balaban J connectivity index is 2.97. The fraction of sp³-hybridized carbons (Fsp3) is 0.500. The van der Waals surface area contributed by atoms with Crippen LogP contribution in [0.2, 0.25) is 0 Å². The molecule has 0 heterocycles. The summed E-state index contributed by atoms with van der Waals surface area (Å²) < 4.78 is 0. The Hall–Kier alpha value is -1.13. The van der Waals surface area contributed by atoms with E-state index in [1.807, 2.05) is 0 Å². The highest BCUT2D eigenvalue weighted by Gasteiger charge is 1.79. The standard InChI is InChI=1S/C2H6N4O/c3-2(4)5-1-6-7/h1H2,(H4,3,4,5). The molecule has 0 aliphatic rings. The molecule has 5 nitrogen and oxygen atoms in total. The Kier molecular flexibility index (Phi) is 2.58. The van der Waals surface area contributed by atoms with Crippen molar-refractivity contribution in [2.24, 2.45) is 10.9 Å². The Morgan fingerprint density at radius 2 is 2.57 bits per heavy atom. The van der Waals surface area contributed by atoms with Crippen LogP contribution < -0.4 is 11.1 Å². The number of nitrogens with two attached hydrogens (primary N) is 1. The number of nitrogens with zero attached hydrogens (tertiary/aromatic N) is 1. The molecule has 5 heteroatoms. The van der Waals surface area contributed by atoms with E-state index in [9.17, 15) is 4.91 Å². The molecule has 0 aliphatic carbocycles. The average Bonchev–Trinajstić information content (AvgIpc) is 1.61. The lowest BCUT2D eigenvalue weighted by atomic mass is 10.9. The van der Waals surface area contributed by atoms with E-state index in [1.165, 1.54) is 0 Å². The van der Waals surface area contributed by atoms with Crippen molar-refractivity contribution in [2.45, 2.75) is 0 Å². The minimum absolute atomic E-state index is 0.130. The van der Waals surface area contributed by atoms with E-state index in [2.05, 4.69) is 10.5 Å². The van der Waals surface area contributed by atoms with Crippen molar-refractivity contribution in [3.05, 3.63) is 4.91 Å². The molecule has 0 aliphatic heterocycles. The summed E-state index contributed by atoms with van der Waals surface area (Å²) in [6.07, 6.45) is 0. The molecular formula is C2H6N4O. The van der Waals surface area contributed by atoms with E-state index in [-0.39, 0.29) is 12.6 Å². The molecular weight excluding hydrogens is 96.0 g/mol. The minimum atomic E-state index is -0.236. The van der Waals surface area contributed by atoms with Crippen molar-refractivity contribution < 1.29 is 0 Å². The largest absolute Gasteiger partial charge is 0.370 e. The van der Waals surface area contributed by atoms with E-state index in [0.29, 0.717) is 0 Å². The van der Waals surface area contributed by atoms with Gasteiger partial charge in [0.05, 0.1) is 0 Å². The summed E-state index contributed by atoms with van der Waals surface area (Å²) >= 11 is 0. The molecule has 0 radical (unpaired) electrons. The number of hydrogen-bond acceptors (Lipinski definition) is 3. The molecule has 0 bridgehead atoms. The second kappa shape index (κ2) is 3.08. The van der Waals surface area contributed by atoms with Crippen molar-refractivity contribution in [3.63, 3.8) is 0 Å². The van der Waals surface area contributed by atoms with E-state index in [1.54, 1.807) is 0 Å². The topological polar surface area (TPSA) is 91.3 Å². The summed E-state index contributed by atoms with van der Waals surface area (Å²) in [7, 11) is 0. The monoisotopic (exact) mass is 102 g/mol. The summed E-state index contributed by atoms with van der Waals surface area (Å²) in [6.45, 7) is -0.130. The first kappa shape index (κ1) is 5.87. The predicted octanol–water partition coefficient (Wildman–Crippen LogP) is -0.807. The fourth-order valence-corrected chi connectivity index (χ4v) is 0.117. The molecule has 7 heavy (non-hydrogen) atoms.